The molecule has 0 spiro atoms. The van der Waals surface area contributed by atoms with Gasteiger partial charge in [0.05, 0.1) is 5.52 Å². The number of Topliss-reactive ketones (excluding diaryl/α,β-unsaturated/α-hetero) is 1. The molecule has 0 bridgehead atoms. The van der Waals surface area contributed by atoms with E-state index in [4.69, 9.17) is 9.97 Å². The number of benzene rings is 2. The summed E-state index contributed by atoms with van der Waals surface area (Å²) < 4.78 is 0. The smallest absolute Gasteiger partial charge is 0.225 e. The molecule has 2 atom stereocenters. The fourth-order valence-corrected chi connectivity index (χ4v) is 6.11. The highest BCUT2D eigenvalue weighted by Gasteiger charge is 2.36. The number of anilines is 2. The molecule has 3 aromatic rings. The van der Waals surface area contributed by atoms with Crippen molar-refractivity contribution in [3.8, 4) is 0 Å². The number of fused-ring (bicyclic) bond motifs is 1. The second kappa shape index (κ2) is 11.9. The lowest BCUT2D eigenvalue weighted by Crippen LogP contribution is -2.42. The highest BCUT2D eigenvalue weighted by molar-refractivity contribution is 6.00. The van der Waals surface area contributed by atoms with E-state index >= 15 is 0 Å². The molecule has 0 aliphatic heterocycles. The Morgan fingerprint density at radius 3 is 2.26 bits per heavy atom. The first-order valence-electron chi connectivity index (χ1n) is 14.1. The Balaban J connectivity index is 1.13. The van der Waals surface area contributed by atoms with Crippen molar-refractivity contribution in [2.24, 2.45) is 17.8 Å². The first kappa shape index (κ1) is 26.1. The van der Waals surface area contributed by atoms with Crippen LogP contribution in [0.4, 0.5) is 11.8 Å². The fraction of sp³-hybridized carbons (Fsp3) is 0.484. The van der Waals surface area contributed by atoms with E-state index in [0.29, 0.717) is 24.5 Å². The fourth-order valence-electron chi connectivity index (χ4n) is 6.11. The van der Waals surface area contributed by atoms with E-state index in [2.05, 4.69) is 16.7 Å². The Morgan fingerprint density at radius 2 is 1.53 bits per heavy atom. The molecule has 1 heterocycles. The van der Waals surface area contributed by atoms with Gasteiger partial charge in [-0.1, -0.05) is 55.3 Å². The summed E-state index contributed by atoms with van der Waals surface area (Å²) >= 11 is 0. The van der Waals surface area contributed by atoms with Gasteiger partial charge in [0.25, 0.3) is 0 Å². The summed E-state index contributed by atoms with van der Waals surface area (Å²) in [7, 11) is 4.01. The molecule has 1 aromatic heterocycles. The molecular formula is C31H39N5O2. The second-order valence-electron chi connectivity index (χ2n) is 11.1. The van der Waals surface area contributed by atoms with Crippen molar-refractivity contribution in [2.45, 2.75) is 57.4 Å². The third-order valence-corrected chi connectivity index (χ3v) is 8.25. The maximum atomic E-state index is 13.2. The molecule has 200 valence electrons. The van der Waals surface area contributed by atoms with E-state index in [1.54, 1.807) is 0 Å². The van der Waals surface area contributed by atoms with Gasteiger partial charge in [-0.05, 0) is 56.6 Å². The van der Waals surface area contributed by atoms with E-state index in [0.717, 1.165) is 73.7 Å². The number of ketones is 1. The summed E-state index contributed by atoms with van der Waals surface area (Å²) in [4.78, 5) is 37.9. The van der Waals surface area contributed by atoms with Crippen molar-refractivity contribution in [3.05, 3.63) is 60.2 Å². The van der Waals surface area contributed by atoms with Gasteiger partial charge >= 0.3 is 0 Å². The van der Waals surface area contributed by atoms with Crippen LogP contribution >= 0.6 is 0 Å². The van der Waals surface area contributed by atoms with Gasteiger partial charge < -0.3 is 15.5 Å². The number of hydrogen-bond acceptors (Lipinski definition) is 6. The van der Waals surface area contributed by atoms with Gasteiger partial charge in [-0.25, -0.2) is 4.98 Å². The van der Waals surface area contributed by atoms with Crippen molar-refractivity contribution < 1.29 is 9.59 Å². The first-order valence-corrected chi connectivity index (χ1v) is 14.1. The van der Waals surface area contributed by atoms with Gasteiger partial charge in [0.1, 0.15) is 5.82 Å². The molecule has 0 saturated heterocycles. The summed E-state index contributed by atoms with van der Waals surface area (Å²) in [6.07, 6.45) is 7.76. The summed E-state index contributed by atoms with van der Waals surface area (Å²) in [5, 5.41) is 7.84. The van der Waals surface area contributed by atoms with Gasteiger partial charge in [-0.15, -0.1) is 0 Å². The molecule has 1 amide bonds. The van der Waals surface area contributed by atoms with Crippen LogP contribution in [-0.4, -0.2) is 48.3 Å². The topological polar surface area (TPSA) is 87.2 Å². The Labute approximate surface area is 225 Å². The molecule has 2 saturated carbocycles. The van der Waals surface area contributed by atoms with E-state index in [-0.39, 0.29) is 23.5 Å². The largest absolute Gasteiger partial charge is 0.362 e. The number of carbonyl (C=O) groups is 2. The standard InChI is InChI=1S/C31H39N5O2/c1-36(2)29-26-14-8-9-15-27(26)34-31(35-29)33-23-18-16-21(17-19-23)20-32-30(38)25-13-7-6-12-24(25)28(37)22-10-4-3-5-11-22/h3-5,8-11,14-15,21,23-25H,6-7,12-13,16-20H2,1-2H3,(H,32,38)(H,33,34,35)/t21?,23?,24-,25-/m1/s1. The molecule has 2 aromatic carbocycles. The van der Waals surface area contributed by atoms with Gasteiger partial charge in [-0.3, -0.25) is 9.59 Å². The van der Waals surface area contributed by atoms with Crippen LogP contribution < -0.4 is 15.5 Å². The molecule has 5 rings (SSSR count). The first-order chi connectivity index (χ1) is 18.5. The van der Waals surface area contributed by atoms with Crippen LogP contribution in [0.1, 0.15) is 61.7 Å². The van der Waals surface area contributed by atoms with Crippen molar-refractivity contribution >= 4 is 34.4 Å². The Morgan fingerprint density at radius 1 is 0.842 bits per heavy atom. The lowest BCUT2D eigenvalue weighted by Gasteiger charge is -2.32. The summed E-state index contributed by atoms with van der Waals surface area (Å²) in [5.41, 5.74) is 1.66. The Kier molecular flexibility index (Phi) is 8.20. The summed E-state index contributed by atoms with van der Waals surface area (Å²) in [6.45, 7) is 0.686. The normalized spacial score (nSPS) is 23.5. The number of para-hydroxylation sites is 1. The average Bonchev–Trinajstić information content (AvgIpc) is 2.96. The Hall–Kier alpha value is -3.48. The van der Waals surface area contributed by atoms with Crippen LogP contribution in [0.2, 0.25) is 0 Å². The zero-order valence-corrected chi connectivity index (χ0v) is 22.5. The van der Waals surface area contributed by atoms with Crippen molar-refractivity contribution in [1.82, 2.24) is 15.3 Å². The monoisotopic (exact) mass is 513 g/mol. The summed E-state index contributed by atoms with van der Waals surface area (Å²) in [6, 6.07) is 17.9. The van der Waals surface area contributed by atoms with Crippen LogP contribution in [0.25, 0.3) is 10.9 Å². The van der Waals surface area contributed by atoms with Gasteiger partial charge in [0.2, 0.25) is 11.9 Å². The molecule has 7 heteroatoms. The number of rotatable bonds is 8. The molecule has 2 aliphatic rings. The number of carbonyl (C=O) groups excluding carboxylic acids is 2. The molecule has 2 fully saturated rings. The minimum Gasteiger partial charge on any atom is -0.362 e. The maximum absolute atomic E-state index is 13.2. The number of nitrogens with zero attached hydrogens (tertiary/aromatic N) is 3. The predicted octanol–water partition coefficient (Wildman–Crippen LogP) is 5.47. The maximum Gasteiger partial charge on any atom is 0.225 e. The Bertz CT molecular complexity index is 1250. The SMILES string of the molecule is CN(C)c1nc(NC2CCC(CNC(=O)[C@@H]3CCCC[C@H]3C(=O)c3ccccc3)CC2)nc2ccccc12. The number of amides is 1. The van der Waals surface area contributed by atoms with Gasteiger partial charge in [0.15, 0.2) is 5.78 Å². The van der Waals surface area contributed by atoms with Crippen LogP contribution in [-0.2, 0) is 4.79 Å². The summed E-state index contributed by atoms with van der Waals surface area (Å²) in [5.74, 6) is 1.80. The van der Waals surface area contributed by atoms with Crippen molar-refractivity contribution in [3.63, 3.8) is 0 Å². The van der Waals surface area contributed by atoms with Crippen LogP contribution in [0.15, 0.2) is 54.6 Å². The van der Waals surface area contributed by atoms with E-state index < -0.39 is 0 Å². The van der Waals surface area contributed by atoms with Gasteiger partial charge in [-0.2, -0.15) is 4.98 Å². The van der Waals surface area contributed by atoms with E-state index in [1.807, 2.05) is 67.5 Å². The van der Waals surface area contributed by atoms with Crippen molar-refractivity contribution in [2.75, 3.05) is 30.9 Å². The molecular weight excluding hydrogens is 474 g/mol. The zero-order valence-electron chi connectivity index (χ0n) is 22.5. The predicted molar refractivity (Wildman–Crippen MR) is 152 cm³/mol. The number of nitrogens with one attached hydrogen (secondary N) is 2. The third kappa shape index (κ3) is 5.98. The number of hydrogen-bond donors (Lipinski definition) is 2. The molecule has 7 nitrogen and oxygen atoms in total. The quantitative estimate of drug-likeness (QED) is 0.388. The van der Waals surface area contributed by atoms with E-state index in [9.17, 15) is 9.59 Å². The van der Waals surface area contributed by atoms with Crippen LogP contribution in [0.3, 0.4) is 0 Å². The van der Waals surface area contributed by atoms with Gasteiger partial charge in [0, 0.05) is 49.5 Å². The molecule has 38 heavy (non-hydrogen) atoms. The third-order valence-electron chi connectivity index (χ3n) is 8.25. The highest BCUT2D eigenvalue weighted by atomic mass is 16.2. The van der Waals surface area contributed by atoms with Crippen LogP contribution in [0, 0.1) is 17.8 Å². The minimum absolute atomic E-state index is 0.0556. The van der Waals surface area contributed by atoms with E-state index in [1.165, 1.54) is 0 Å². The van der Waals surface area contributed by atoms with Crippen molar-refractivity contribution in [1.29, 1.82) is 0 Å². The molecule has 0 radical (unpaired) electrons. The highest BCUT2D eigenvalue weighted by Crippen LogP contribution is 2.33. The average molecular weight is 514 g/mol. The lowest BCUT2D eigenvalue weighted by molar-refractivity contribution is -0.127. The van der Waals surface area contributed by atoms with Crippen LogP contribution in [0.5, 0.6) is 0 Å². The zero-order chi connectivity index (χ0) is 26.5. The second-order valence-corrected chi connectivity index (χ2v) is 11.1. The molecule has 0 unspecified atom stereocenters. The minimum atomic E-state index is -0.217. The lowest BCUT2D eigenvalue weighted by atomic mass is 9.75. The number of aromatic nitrogens is 2. The molecule has 2 aliphatic carbocycles. The molecule has 2 N–H and O–H groups in total.